The SMILES string of the molecule is CCN(CC)CCN(C(=O)/C=C/c1ccc([N+](=O)[O-])s1)c1nc2c(F)cccc2s1. The molecule has 0 saturated heterocycles. The molecule has 30 heavy (non-hydrogen) atoms. The highest BCUT2D eigenvalue weighted by atomic mass is 32.1. The Morgan fingerprint density at radius 2 is 1.97 bits per heavy atom. The largest absolute Gasteiger partial charge is 0.324 e. The van der Waals surface area contributed by atoms with Crippen molar-refractivity contribution in [2.45, 2.75) is 13.8 Å². The molecule has 0 spiro atoms. The number of thiazole rings is 1. The first kappa shape index (κ1) is 22.0. The number of anilines is 1. The zero-order valence-corrected chi connectivity index (χ0v) is 18.2. The molecule has 0 aliphatic heterocycles. The second-order valence-electron chi connectivity index (χ2n) is 6.37. The molecule has 2 aromatic heterocycles. The lowest BCUT2D eigenvalue weighted by Gasteiger charge is -2.23. The number of hydrogen-bond acceptors (Lipinski definition) is 7. The Hall–Kier alpha value is -2.69. The third kappa shape index (κ3) is 5.07. The Morgan fingerprint density at radius 1 is 1.20 bits per heavy atom. The molecule has 0 fully saturated rings. The van der Waals surface area contributed by atoms with Crippen molar-refractivity contribution in [1.82, 2.24) is 9.88 Å². The van der Waals surface area contributed by atoms with Crippen LogP contribution in [0, 0.1) is 15.9 Å². The van der Waals surface area contributed by atoms with E-state index >= 15 is 0 Å². The molecular formula is C20H21FN4O3S2. The second kappa shape index (κ2) is 9.88. The summed E-state index contributed by atoms with van der Waals surface area (Å²) in [5.41, 5.74) is 0.246. The minimum absolute atomic E-state index is 0.0159. The zero-order chi connectivity index (χ0) is 21.7. The molecule has 1 aromatic carbocycles. The van der Waals surface area contributed by atoms with E-state index in [4.69, 9.17) is 0 Å². The molecule has 3 aromatic rings. The van der Waals surface area contributed by atoms with E-state index < -0.39 is 10.7 Å². The predicted molar refractivity (Wildman–Crippen MR) is 120 cm³/mol. The smallest absolute Gasteiger partial charge is 0.302 e. The number of nitrogens with zero attached hydrogens (tertiary/aromatic N) is 4. The number of amides is 1. The topological polar surface area (TPSA) is 79.6 Å². The van der Waals surface area contributed by atoms with Gasteiger partial charge in [-0.15, -0.1) is 0 Å². The lowest BCUT2D eigenvalue weighted by Crippen LogP contribution is -2.38. The second-order valence-corrected chi connectivity index (χ2v) is 8.47. The molecule has 0 atom stereocenters. The molecule has 0 bridgehead atoms. The Bertz CT molecular complexity index is 1080. The Kier molecular flexibility index (Phi) is 7.24. The van der Waals surface area contributed by atoms with Crippen LogP contribution in [0.1, 0.15) is 18.7 Å². The summed E-state index contributed by atoms with van der Waals surface area (Å²) in [5, 5.41) is 11.3. The van der Waals surface area contributed by atoms with Crippen molar-refractivity contribution < 1.29 is 14.1 Å². The summed E-state index contributed by atoms with van der Waals surface area (Å²) in [7, 11) is 0. The van der Waals surface area contributed by atoms with E-state index in [1.54, 1.807) is 24.3 Å². The minimum Gasteiger partial charge on any atom is -0.302 e. The first-order valence-corrected chi connectivity index (χ1v) is 11.1. The van der Waals surface area contributed by atoms with Crippen LogP contribution in [0.25, 0.3) is 16.3 Å². The fourth-order valence-electron chi connectivity index (χ4n) is 2.87. The molecule has 1 amide bonds. The van der Waals surface area contributed by atoms with Crippen molar-refractivity contribution >= 4 is 55.0 Å². The van der Waals surface area contributed by atoms with Gasteiger partial charge in [-0.1, -0.05) is 42.6 Å². The summed E-state index contributed by atoms with van der Waals surface area (Å²) in [6.07, 6.45) is 2.93. The van der Waals surface area contributed by atoms with Gasteiger partial charge in [0.25, 0.3) is 5.91 Å². The van der Waals surface area contributed by atoms with Crippen LogP contribution in [-0.4, -0.2) is 46.9 Å². The molecule has 0 aliphatic rings. The van der Waals surface area contributed by atoms with Crippen LogP contribution in [-0.2, 0) is 4.79 Å². The summed E-state index contributed by atoms with van der Waals surface area (Å²) >= 11 is 2.25. The normalized spacial score (nSPS) is 11.6. The molecule has 0 aliphatic carbocycles. The number of nitro groups is 1. The van der Waals surface area contributed by atoms with Crippen LogP contribution in [0.3, 0.4) is 0 Å². The molecule has 0 unspecified atom stereocenters. The van der Waals surface area contributed by atoms with Gasteiger partial charge in [0.15, 0.2) is 5.13 Å². The van der Waals surface area contributed by atoms with Gasteiger partial charge in [-0.3, -0.25) is 19.8 Å². The number of likely N-dealkylation sites (N-methyl/N-ethyl adjacent to an activating group) is 1. The Balaban J connectivity index is 1.87. The number of aromatic nitrogens is 1. The van der Waals surface area contributed by atoms with Crippen molar-refractivity contribution in [3.8, 4) is 0 Å². The number of fused-ring (bicyclic) bond motifs is 1. The van der Waals surface area contributed by atoms with Crippen LogP contribution in [0.4, 0.5) is 14.5 Å². The van der Waals surface area contributed by atoms with Crippen LogP contribution in [0.15, 0.2) is 36.4 Å². The van der Waals surface area contributed by atoms with Crippen LogP contribution in [0.2, 0.25) is 0 Å². The number of hydrogen-bond donors (Lipinski definition) is 0. The predicted octanol–water partition coefficient (Wildman–Crippen LogP) is 4.79. The molecule has 158 valence electrons. The van der Waals surface area contributed by atoms with E-state index in [1.807, 2.05) is 13.8 Å². The quantitative estimate of drug-likeness (QED) is 0.267. The molecular weight excluding hydrogens is 427 g/mol. The molecule has 3 rings (SSSR count). The van der Waals surface area contributed by atoms with E-state index in [2.05, 4.69) is 9.88 Å². The number of para-hydroxylation sites is 1. The highest BCUT2D eigenvalue weighted by Gasteiger charge is 2.20. The maximum atomic E-state index is 14.1. The molecule has 0 radical (unpaired) electrons. The van der Waals surface area contributed by atoms with Crippen molar-refractivity contribution in [3.63, 3.8) is 0 Å². The lowest BCUT2D eigenvalue weighted by atomic mass is 10.3. The average Bonchev–Trinajstić information content (AvgIpc) is 3.37. The number of carbonyl (C=O) groups is 1. The van der Waals surface area contributed by atoms with Crippen LogP contribution in [0.5, 0.6) is 0 Å². The van der Waals surface area contributed by atoms with E-state index in [1.165, 1.54) is 34.4 Å². The third-order valence-corrected chi connectivity index (χ3v) is 6.62. The monoisotopic (exact) mass is 448 g/mol. The first-order chi connectivity index (χ1) is 14.4. The van der Waals surface area contributed by atoms with Gasteiger partial charge in [0, 0.05) is 30.1 Å². The molecule has 7 nitrogen and oxygen atoms in total. The maximum absolute atomic E-state index is 14.1. The van der Waals surface area contributed by atoms with E-state index in [9.17, 15) is 19.3 Å². The number of thiophene rings is 1. The average molecular weight is 449 g/mol. The summed E-state index contributed by atoms with van der Waals surface area (Å²) in [4.78, 5) is 32.0. The summed E-state index contributed by atoms with van der Waals surface area (Å²) in [6.45, 7) is 6.84. The van der Waals surface area contributed by atoms with Crippen molar-refractivity contribution in [3.05, 3.63) is 57.2 Å². The van der Waals surface area contributed by atoms with Gasteiger partial charge in [0.2, 0.25) is 0 Å². The number of carbonyl (C=O) groups excluding carboxylic acids is 1. The van der Waals surface area contributed by atoms with E-state index in [0.717, 1.165) is 24.4 Å². The van der Waals surface area contributed by atoms with Gasteiger partial charge in [-0.2, -0.15) is 0 Å². The van der Waals surface area contributed by atoms with Crippen molar-refractivity contribution in [2.24, 2.45) is 0 Å². The van der Waals surface area contributed by atoms with Gasteiger partial charge >= 0.3 is 5.00 Å². The van der Waals surface area contributed by atoms with Crippen LogP contribution < -0.4 is 4.90 Å². The van der Waals surface area contributed by atoms with Crippen LogP contribution >= 0.6 is 22.7 Å². The summed E-state index contributed by atoms with van der Waals surface area (Å²) < 4.78 is 14.8. The molecule has 0 N–H and O–H groups in total. The van der Waals surface area contributed by atoms with Gasteiger partial charge in [-0.25, -0.2) is 9.37 Å². The Morgan fingerprint density at radius 3 is 2.60 bits per heavy atom. The molecule has 10 heteroatoms. The lowest BCUT2D eigenvalue weighted by molar-refractivity contribution is -0.380. The number of rotatable bonds is 9. The van der Waals surface area contributed by atoms with E-state index in [-0.39, 0.29) is 16.4 Å². The van der Waals surface area contributed by atoms with Gasteiger partial charge in [0.1, 0.15) is 11.3 Å². The van der Waals surface area contributed by atoms with Crippen molar-refractivity contribution in [2.75, 3.05) is 31.1 Å². The highest BCUT2D eigenvalue weighted by molar-refractivity contribution is 7.22. The van der Waals surface area contributed by atoms with Gasteiger partial charge in [-0.05, 0) is 37.4 Å². The standard InChI is InChI=1S/C20H21FN4O3S2/c1-3-23(4-2)12-13-24(20-22-19-15(21)6-5-7-16(19)30-20)17(26)10-8-14-9-11-18(29-14)25(27)28/h5-11H,3-4,12-13H2,1-2H3/b10-8+. The van der Waals surface area contributed by atoms with Gasteiger partial charge in [0.05, 0.1) is 9.62 Å². The maximum Gasteiger partial charge on any atom is 0.324 e. The third-order valence-electron chi connectivity index (χ3n) is 4.57. The Labute approximate surface area is 181 Å². The van der Waals surface area contributed by atoms with E-state index in [0.29, 0.717) is 27.8 Å². The molecule has 0 saturated carbocycles. The summed E-state index contributed by atoms with van der Waals surface area (Å²) in [5.74, 6) is -0.731. The fraction of sp³-hybridized carbons (Fsp3) is 0.300. The molecule has 2 heterocycles. The number of benzene rings is 1. The summed E-state index contributed by atoms with van der Waals surface area (Å²) in [6, 6.07) is 7.74. The number of halogens is 1. The zero-order valence-electron chi connectivity index (χ0n) is 16.6. The van der Waals surface area contributed by atoms with Crippen molar-refractivity contribution in [1.29, 1.82) is 0 Å². The first-order valence-electron chi connectivity index (χ1n) is 9.44. The minimum atomic E-state index is -0.462. The highest BCUT2D eigenvalue weighted by Crippen LogP contribution is 2.31. The van der Waals surface area contributed by atoms with Gasteiger partial charge < -0.3 is 4.90 Å². The fourth-order valence-corrected chi connectivity index (χ4v) is 4.61.